The molecule has 1 fully saturated rings. The quantitative estimate of drug-likeness (QED) is 0.214. The molecule has 0 radical (unpaired) electrons. The minimum atomic E-state index is -0.539. The molecule has 0 aliphatic heterocycles. The molecule has 0 spiro atoms. The lowest BCUT2D eigenvalue weighted by Gasteiger charge is -2.24. The Labute approximate surface area is 188 Å². The van der Waals surface area contributed by atoms with Crippen LogP contribution in [-0.4, -0.2) is 39.5 Å². The number of nitrogens with zero attached hydrogens (tertiary/aromatic N) is 6. The molecule has 1 aromatic heterocycles. The minimum Gasteiger partial charge on any atom is -0.475 e. The fraction of sp³-hybridized carbons (Fsp3) is 0.455. The summed E-state index contributed by atoms with van der Waals surface area (Å²) in [6.45, 7) is 6.89. The zero-order chi connectivity index (χ0) is 23.3. The highest BCUT2D eigenvalue weighted by atomic mass is 16.5. The third-order valence-electron chi connectivity index (χ3n) is 5.30. The molecule has 1 aromatic carbocycles. The lowest BCUT2D eigenvalue weighted by Crippen LogP contribution is -2.49. The Balaban J connectivity index is 1.70. The molecule has 0 atom stereocenters. The van der Waals surface area contributed by atoms with Gasteiger partial charge in [0.05, 0.1) is 11.4 Å². The van der Waals surface area contributed by atoms with Gasteiger partial charge in [-0.3, -0.25) is 9.69 Å². The fourth-order valence-electron chi connectivity index (χ4n) is 3.13. The molecule has 172 valence electrons. The average molecular weight is 441 g/mol. The first-order chi connectivity index (χ1) is 15.3. The molecule has 2 aromatic rings. The van der Waals surface area contributed by atoms with Crippen molar-refractivity contribution in [1.29, 1.82) is 0 Å². The standard InChI is InChI=1S/C22H32N8O2/c1-5-21(26-25-16(3)19-11-12-29(27-19)13-17-9-10-17)32-14-18-15(2)7-6-8-20(18)30(24)22(31)28(4)23/h6-8,11-12,17H,5,9-10,13-14,23-24H2,1-4H3/b25-16?,26-21+. The number of ether oxygens (including phenoxy) is 1. The number of urea groups is 1. The molecule has 10 nitrogen and oxygen atoms in total. The van der Waals surface area contributed by atoms with Crippen LogP contribution >= 0.6 is 0 Å². The van der Waals surface area contributed by atoms with Crippen LogP contribution in [0.1, 0.15) is 49.9 Å². The lowest BCUT2D eigenvalue weighted by atomic mass is 10.1. The molecule has 1 heterocycles. The summed E-state index contributed by atoms with van der Waals surface area (Å²) >= 11 is 0. The van der Waals surface area contributed by atoms with Gasteiger partial charge in [0.25, 0.3) is 0 Å². The van der Waals surface area contributed by atoms with Crippen molar-refractivity contribution in [2.45, 2.75) is 53.2 Å². The Morgan fingerprint density at radius 3 is 2.69 bits per heavy atom. The highest BCUT2D eigenvalue weighted by molar-refractivity contribution is 5.97. The minimum absolute atomic E-state index is 0.189. The third kappa shape index (κ3) is 5.92. The van der Waals surface area contributed by atoms with E-state index in [0.29, 0.717) is 18.0 Å². The van der Waals surface area contributed by atoms with E-state index in [1.165, 1.54) is 19.9 Å². The lowest BCUT2D eigenvalue weighted by molar-refractivity contribution is 0.216. The molecule has 1 aliphatic carbocycles. The number of hydrazine groups is 2. The first-order valence-electron chi connectivity index (χ1n) is 10.7. The van der Waals surface area contributed by atoms with Crippen molar-refractivity contribution in [3.63, 3.8) is 0 Å². The second kappa shape index (κ2) is 10.4. The van der Waals surface area contributed by atoms with Crippen LogP contribution < -0.4 is 16.7 Å². The SMILES string of the molecule is CC/C(=N\N=C(C)c1ccn(CC2CC2)n1)OCc1c(C)cccc1N(N)C(=O)N(C)N. The summed E-state index contributed by atoms with van der Waals surface area (Å²) in [4.78, 5) is 12.2. The normalized spacial score (nSPS) is 14.4. The fourth-order valence-corrected chi connectivity index (χ4v) is 3.13. The number of carbonyl (C=O) groups is 1. The molecule has 0 unspecified atom stereocenters. The van der Waals surface area contributed by atoms with Crippen LogP contribution in [0.25, 0.3) is 0 Å². The Morgan fingerprint density at radius 1 is 1.28 bits per heavy atom. The summed E-state index contributed by atoms with van der Waals surface area (Å²) in [6, 6.07) is 6.90. The van der Waals surface area contributed by atoms with Gasteiger partial charge in [-0.1, -0.05) is 19.1 Å². The van der Waals surface area contributed by atoms with Gasteiger partial charge >= 0.3 is 6.03 Å². The van der Waals surface area contributed by atoms with Gasteiger partial charge in [-0.15, -0.1) is 5.10 Å². The van der Waals surface area contributed by atoms with Gasteiger partial charge in [-0.2, -0.15) is 10.2 Å². The predicted molar refractivity (Wildman–Crippen MR) is 125 cm³/mol. The second-order valence-corrected chi connectivity index (χ2v) is 8.02. The van der Waals surface area contributed by atoms with Gasteiger partial charge in [-0.05, 0) is 50.3 Å². The number of rotatable bonds is 8. The van der Waals surface area contributed by atoms with Crippen molar-refractivity contribution in [2.24, 2.45) is 27.8 Å². The van der Waals surface area contributed by atoms with Crippen molar-refractivity contribution < 1.29 is 9.53 Å². The average Bonchev–Trinajstić information content (AvgIpc) is 3.47. The van der Waals surface area contributed by atoms with Crippen molar-refractivity contribution in [3.8, 4) is 0 Å². The molecule has 1 saturated carbocycles. The van der Waals surface area contributed by atoms with Crippen LogP contribution in [0.4, 0.5) is 10.5 Å². The maximum absolute atomic E-state index is 12.2. The Hall–Kier alpha value is -3.24. The van der Waals surface area contributed by atoms with Crippen molar-refractivity contribution in [3.05, 3.63) is 47.3 Å². The smallest absolute Gasteiger partial charge is 0.352 e. The Morgan fingerprint density at radius 2 is 2.03 bits per heavy atom. The van der Waals surface area contributed by atoms with E-state index in [9.17, 15) is 4.79 Å². The number of hydrogen-bond donors (Lipinski definition) is 2. The van der Waals surface area contributed by atoms with Crippen LogP contribution in [0.15, 0.2) is 40.7 Å². The van der Waals surface area contributed by atoms with Gasteiger partial charge < -0.3 is 4.74 Å². The van der Waals surface area contributed by atoms with Crippen molar-refractivity contribution in [1.82, 2.24) is 14.8 Å². The van der Waals surface area contributed by atoms with E-state index >= 15 is 0 Å². The number of hydrogen-bond acceptors (Lipinski definition) is 7. The van der Waals surface area contributed by atoms with Gasteiger partial charge in [-0.25, -0.2) is 21.5 Å². The monoisotopic (exact) mass is 440 g/mol. The highest BCUT2D eigenvalue weighted by Crippen LogP contribution is 2.30. The van der Waals surface area contributed by atoms with Crippen LogP contribution in [0.5, 0.6) is 0 Å². The zero-order valence-electron chi connectivity index (χ0n) is 19.2. The summed E-state index contributed by atoms with van der Waals surface area (Å²) in [7, 11) is 1.44. The van der Waals surface area contributed by atoms with Gasteiger partial charge in [0.1, 0.15) is 12.3 Å². The van der Waals surface area contributed by atoms with Gasteiger partial charge in [0.15, 0.2) is 0 Å². The number of aromatic nitrogens is 2. The first-order valence-corrected chi connectivity index (χ1v) is 10.7. The number of anilines is 1. The summed E-state index contributed by atoms with van der Waals surface area (Å²) in [5, 5.41) is 15.1. The maximum atomic E-state index is 12.2. The summed E-state index contributed by atoms with van der Waals surface area (Å²) < 4.78 is 7.88. The molecular weight excluding hydrogens is 408 g/mol. The largest absolute Gasteiger partial charge is 0.475 e. The van der Waals surface area contributed by atoms with E-state index in [2.05, 4.69) is 15.3 Å². The molecule has 32 heavy (non-hydrogen) atoms. The molecule has 0 saturated heterocycles. The zero-order valence-corrected chi connectivity index (χ0v) is 19.2. The summed E-state index contributed by atoms with van der Waals surface area (Å²) in [6.07, 6.45) is 5.10. The number of amides is 2. The number of benzene rings is 1. The van der Waals surface area contributed by atoms with Crippen LogP contribution in [0.3, 0.4) is 0 Å². The van der Waals surface area contributed by atoms with Gasteiger partial charge in [0, 0.05) is 31.8 Å². The summed E-state index contributed by atoms with van der Waals surface area (Å²) in [5.41, 5.74) is 3.74. The molecule has 10 heteroatoms. The van der Waals surface area contributed by atoms with Crippen LogP contribution in [0.2, 0.25) is 0 Å². The van der Waals surface area contributed by atoms with Crippen LogP contribution in [0, 0.1) is 12.8 Å². The number of nitrogens with two attached hydrogens (primary N) is 2. The van der Waals surface area contributed by atoms with Crippen molar-refractivity contribution >= 4 is 23.3 Å². The molecular formula is C22H32N8O2. The number of carbonyl (C=O) groups excluding carboxylic acids is 1. The van der Waals surface area contributed by atoms with E-state index in [1.54, 1.807) is 6.07 Å². The van der Waals surface area contributed by atoms with E-state index in [4.69, 9.17) is 16.4 Å². The molecule has 3 rings (SSSR count). The predicted octanol–water partition coefficient (Wildman–Crippen LogP) is 2.96. The third-order valence-corrected chi connectivity index (χ3v) is 5.30. The van der Waals surface area contributed by atoms with E-state index in [-0.39, 0.29) is 6.61 Å². The van der Waals surface area contributed by atoms with E-state index in [1.807, 2.05) is 49.8 Å². The van der Waals surface area contributed by atoms with Gasteiger partial charge in [0.2, 0.25) is 5.90 Å². The topological polar surface area (TPSA) is 127 Å². The first kappa shape index (κ1) is 23.4. The second-order valence-electron chi connectivity index (χ2n) is 8.02. The highest BCUT2D eigenvalue weighted by Gasteiger charge is 2.22. The Bertz CT molecular complexity index is 1010. The van der Waals surface area contributed by atoms with Crippen LogP contribution in [-0.2, 0) is 17.9 Å². The van der Waals surface area contributed by atoms with E-state index < -0.39 is 6.03 Å². The summed E-state index contributed by atoms with van der Waals surface area (Å²) in [5.74, 6) is 12.8. The molecule has 0 bridgehead atoms. The van der Waals surface area contributed by atoms with Crippen molar-refractivity contribution in [2.75, 3.05) is 12.1 Å². The Kier molecular flexibility index (Phi) is 7.60. The van der Waals surface area contributed by atoms with E-state index in [0.717, 1.165) is 45.0 Å². The molecule has 1 aliphatic rings. The number of aryl methyl sites for hydroxylation is 1. The molecule has 4 N–H and O–H groups in total. The molecule has 2 amide bonds. The maximum Gasteiger partial charge on any atom is 0.352 e.